The van der Waals surface area contributed by atoms with E-state index in [4.69, 9.17) is 16.3 Å². The molecule has 0 aliphatic rings. The fourth-order valence-electron chi connectivity index (χ4n) is 1.83. The molecule has 0 saturated heterocycles. The SMILES string of the molecule is CNC(C)c1cccc(Oc2ccc([N+](=O)[O-])cc2Cl)c1. The molecule has 0 aliphatic heterocycles. The molecule has 2 rings (SSSR count). The van der Waals surface area contributed by atoms with Gasteiger partial charge < -0.3 is 10.1 Å². The second kappa shape index (κ2) is 6.56. The van der Waals surface area contributed by atoms with Gasteiger partial charge in [-0.3, -0.25) is 10.1 Å². The first kappa shape index (κ1) is 15.3. The van der Waals surface area contributed by atoms with Gasteiger partial charge in [0.05, 0.1) is 9.95 Å². The van der Waals surface area contributed by atoms with E-state index in [1.165, 1.54) is 18.2 Å². The number of non-ortho nitro benzene ring substituents is 1. The van der Waals surface area contributed by atoms with Crippen LogP contribution in [0.1, 0.15) is 18.5 Å². The standard InChI is InChI=1S/C15H15ClN2O3/c1-10(17-2)11-4-3-5-13(8-11)21-15-7-6-12(18(19)20)9-14(15)16/h3-10,17H,1-2H3. The summed E-state index contributed by atoms with van der Waals surface area (Å²) in [6.45, 7) is 2.04. The van der Waals surface area contributed by atoms with E-state index in [-0.39, 0.29) is 16.8 Å². The number of hydrogen-bond donors (Lipinski definition) is 1. The van der Waals surface area contributed by atoms with E-state index in [1.807, 2.05) is 38.2 Å². The van der Waals surface area contributed by atoms with Crippen LogP contribution < -0.4 is 10.1 Å². The molecule has 110 valence electrons. The Morgan fingerprint density at radius 1 is 1.29 bits per heavy atom. The lowest BCUT2D eigenvalue weighted by Crippen LogP contribution is -2.12. The lowest BCUT2D eigenvalue weighted by molar-refractivity contribution is -0.384. The molecule has 0 spiro atoms. The topological polar surface area (TPSA) is 64.4 Å². The summed E-state index contributed by atoms with van der Waals surface area (Å²) in [6, 6.07) is 11.9. The minimum Gasteiger partial charge on any atom is -0.456 e. The van der Waals surface area contributed by atoms with E-state index in [1.54, 1.807) is 0 Å². The maximum Gasteiger partial charge on any atom is 0.271 e. The Morgan fingerprint density at radius 2 is 2.05 bits per heavy atom. The average molecular weight is 307 g/mol. The van der Waals surface area contributed by atoms with E-state index >= 15 is 0 Å². The van der Waals surface area contributed by atoms with Gasteiger partial charge in [0.25, 0.3) is 5.69 Å². The molecule has 21 heavy (non-hydrogen) atoms. The number of ether oxygens (including phenoxy) is 1. The van der Waals surface area contributed by atoms with Crippen LogP contribution in [0.25, 0.3) is 0 Å². The van der Waals surface area contributed by atoms with Crippen molar-refractivity contribution >= 4 is 17.3 Å². The van der Waals surface area contributed by atoms with Crippen molar-refractivity contribution in [3.05, 3.63) is 63.2 Å². The predicted octanol–water partition coefficient (Wildman–Crippen LogP) is 4.32. The molecular weight excluding hydrogens is 292 g/mol. The number of nitrogens with one attached hydrogen (secondary N) is 1. The Morgan fingerprint density at radius 3 is 2.67 bits per heavy atom. The van der Waals surface area contributed by atoms with Gasteiger partial charge in [0.2, 0.25) is 0 Å². The molecular formula is C15H15ClN2O3. The van der Waals surface area contributed by atoms with Crippen LogP contribution in [0, 0.1) is 10.1 Å². The highest BCUT2D eigenvalue weighted by molar-refractivity contribution is 6.32. The van der Waals surface area contributed by atoms with Crippen LogP contribution in [0.3, 0.4) is 0 Å². The van der Waals surface area contributed by atoms with Gasteiger partial charge in [-0.25, -0.2) is 0 Å². The molecule has 0 radical (unpaired) electrons. The van der Waals surface area contributed by atoms with E-state index in [0.717, 1.165) is 5.56 Å². The molecule has 1 N–H and O–H groups in total. The Balaban J connectivity index is 2.24. The van der Waals surface area contributed by atoms with Crippen molar-refractivity contribution in [1.29, 1.82) is 0 Å². The number of halogens is 1. The molecule has 0 bridgehead atoms. The number of nitro groups is 1. The van der Waals surface area contributed by atoms with Crippen LogP contribution in [0.2, 0.25) is 5.02 Å². The second-order valence-electron chi connectivity index (χ2n) is 4.56. The van der Waals surface area contributed by atoms with Crippen LogP contribution in [-0.4, -0.2) is 12.0 Å². The molecule has 0 aliphatic carbocycles. The quantitative estimate of drug-likeness (QED) is 0.660. The van der Waals surface area contributed by atoms with Crippen LogP contribution in [-0.2, 0) is 0 Å². The monoisotopic (exact) mass is 306 g/mol. The molecule has 0 heterocycles. The van der Waals surface area contributed by atoms with Crippen LogP contribution in [0.4, 0.5) is 5.69 Å². The smallest absolute Gasteiger partial charge is 0.271 e. The van der Waals surface area contributed by atoms with Gasteiger partial charge in [-0.1, -0.05) is 23.7 Å². The third-order valence-corrected chi connectivity index (χ3v) is 3.44. The van der Waals surface area contributed by atoms with E-state index in [9.17, 15) is 10.1 Å². The summed E-state index contributed by atoms with van der Waals surface area (Å²) in [5.74, 6) is 1.02. The predicted molar refractivity (Wildman–Crippen MR) is 82.1 cm³/mol. The Labute approximate surface area is 127 Å². The first-order valence-electron chi connectivity index (χ1n) is 6.40. The van der Waals surface area contributed by atoms with Gasteiger partial charge in [0.15, 0.2) is 0 Å². The summed E-state index contributed by atoms with van der Waals surface area (Å²) in [7, 11) is 1.88. The largest absolute Gasteiger partial charge is 0.456 e. The Bertz CT molecular complexity index is 661. The van der Waals surface area contributed by atoms with Gasteiger partial charge in [-0.2, -0.15) is 0 Å². The fraction of sp³-hybridized carbons (Fsp3) is 0.200. The molecule has 0 aromatic heterocycles. The van der Waals surface area contributed by atoms with Gasteiger partial charge in [-0.15, -0.1) is 0 Å². The van der Waals surface area contributed by atoms with E-state index in [0.29, 0.717) is 11.5 Å². The van der Waals surface area contributed by atoms with Crippen molar-refractivity contribution in [1.82, 2.24) is 5.32 Å². The van der Waals surface area contributed by atoms with Gasteiger partial charge in [-0.05, 0) is 37.7 Å². The van der Waals surface area contributed by atoms with Gasteiger partial charge >= 0.3 is 0 Å². The highest BCUT2D eigenvalue weighted by Crippen LogP contribution is 2.33. The van der Waals surface area contributed by atoms with Gasteiger partial charge in [0, 0.05) is 18.2 Å². The highest BCUT2D eigenvalue weighted by Gasteiger charge is 2.11. The minimum atomic E-state index is -0.495. The number of benzene rings is 2. The molecule has 1 unspecified atom stereocenters. The van der Waals surface area contributed by atoms with Crippen molar-refractivity contribution in [2.24, 2.45) is 0 Å². The number of hydrogen-bond acceptors (Lipinski definition) is 4. The van der Waals surface area contributed by atoms with E-state index in [2.05, 4.69) is 5.32 Å². The molecule has 6 heteroatoms. The van der Waals surface area contributed by atoms with Crippen molar-refractivity contribution in [2.75, 3.05) is 7.05 Å². The molecule has 0 fully saturated rings. The van der Waals surface area contributed by atoms with Crippen molar-refractivity contribution in [3.8, 4) is 11.5 Å². The molecule has 2 aromatic rings. The number of nitro benzene ring substituents is 1. The molecule has 0 amide bonds. The number of nitrogens with zero attached hydrogens (tertiary/aromatic N) is 1. The van der Waals surface area contributed by atoms with Crippen molar-refractivity contribution in [3.63, 3.8) is 0 Å². The summed E-state index contributed by atoms with van der Waals surface area (Å²) in [4.78, 5) is 10.2. The van der Waals surface area contributed by atoms with E-state index < -0.39 is 4.92 Å². The third-order valence-electron chi connectivity index (χ3n) is 3.15. The molecule has 0 saturated carbocycles. The second-order valence-corrected chi connectivity index (χ2v) is 4.96. The fourth-order valence-corrected chi connectivity index (χ4v) is 2.04. The summed E-state index contributed by atoms with van der Waals surface area (Å²) in [5.41, 5.74) is 1.01. The third kappa shape index (κ3) is 3.71. The molecule has 5 nitrogen and oxygen atoms in total. The molecule has 2 aromatic carbocycles. The Hall–Kier alpha value is -2.11. The summed E-state index contributed by atoms with van der Waals surface area (Å²) in [6.07, 6.45) is 0. The zero-order valence-corrected chi connectivity index (χ0v) is 12.4. The minimum absolute atomic E-state index is 0.0649. The maximum absolute atomic E-state index is 10.7. The average Bonchev–Trinajstić information content (AvgIpc) is 2.48. The van der Waals surface area contributed by atoms with Crippen LogP contribution >= 0.6 is 11.6 Å². The first-order valence-corrected chi connectivity index (χ1v) is 6.78. The molecule has 1 atom stereocenters. The lowest BCUT2D eigenvalue weighted by atomic mass is 10.1. The first-order chi connectivity index (χ1) is 10.0. The Kier molecular flexibility index (Phi) is 4.77. The van der Waals surface area contributed by atoms with Crippen molar-refractivity contribution < 1.29 is 9.66 Å². The maximum atomic E-state index is 10.7. The van der Waals surface area contributed by atoms with Crippen LogP contribution in [0.5, 0.6) is 11.5 Å². The van der Waals surface area contributed by atoms with Crippen molar-refractivity contribution in [2.45, 2.75) is 13.0 Å². The summed E-state index contributed by atoms with van der Waals surface area (Å²) < 4.78 is 5.70. The zero-order chi connectivity index (χ0) is 15.4. The zero-order valence-electron chi connectivity index (χ0n) is 11.7. The number of rotatable bonds is 5. The highest BCUT2D eigenvalue weighted by atomic mass is 35.5. The lowest BCUT2D eigenvalue weighted by Gasteiger charge is -2.13. The van der Waals surface area contributed by atoms with Crippen LogP contribution in [0.15, 0.2) is 42.5 Å². The van der Waals surface area contributed by atoms with Gasteiger partial charge in [0.1, 0.15) is 11.5 Å². The normalized spacial score (nSPS) is 12.0. The summed E-state index contributed by atoms with van der Waals surface area (Å²) in [5, 5.41) is 14.0. The summed E-state index contributed by atoms with van der Waals surface area (Å²) >= 11 is 6.01.